The van der Waals surface area contributed by atoms with Gasteiger partial charge in [-0.25, -0.2) is 4.39 Å². The Hall–Kier alpha value is -0.800. The van der Waals surface area contributed by atoms with E-state index in [1.54, 1.807) is 6.07 Å². The van der Waals surface area contributed by atoms with Crippen molar-refractivity contribution in [3.05, 3.63) is 34.6 Å². The molecule has 1 aromatic rings. The van der Waals surface area contributed by atoms with Crippen LogP contribution in [-0.2, 0) is 0 Å². The minimum atomic E-state index is -0.682. The van der Waals surface area contributed by atoms with E-state index < -0.39 is 11.7 Å². The van der Waals surface area contributed by atoms with Crippen LogP contribution in [0.4, 0.5) is 4.39 Å². The van der Waals surface area contributed by atoms with Crippen LogP contribution < -0.4 is 5.32 Å². The molecule has 0 radical (unpaired) electrons. The summed E-state index contributed by atoms with van der Waals surface area (Å²) in [6.45, 7) is 0. The minimum absolute atomic E-state index is 0.0306. The minimum Gasteiger partial charge on any atom is -0.348 e. The average Bonchev–Trinajstić information content (AvgIpc) is 2.35. The second kappa shape index (κ2) is 5.89. The Morgan fingerprint density at radius 3 is 2.78 bits per heavy atom. The van der Waals surface area contributed by atoms with Gasteiger partial charge in [-0.2, -0.15) is 0 Å². The van der Waals surface area contributed by atoms with Gasteiger partial charge < -0.3 is 5.32 Å². The van der Waals surface area contributed by atoms with Crippen molar-refractivity contribution >= 4 is 29.1 Å². The third kappa shape index (κ3) is 2.96. The highest BCUT2D eigenvalue weighted by atomic mass is 35.5. The van der Waals surface area contributed by atoms with E-state index in [4.69, 9.17) is 23.2 Å². The summed E-state index contributed by atoms with van der Waals surface area (Å²) in [7, 11) is 0. The van der Waals surface area contributed by atoms with Gasteiger partial charge in [0.2, 0.25) is 0 Å². The van der Waals surface area contributed by atoms with Crippen LogP contribution in [0, 0.1) is 5.82 Å². The third-order valence-corrected chi connectivity index (χ3v) is 4.01. The van der Waals surface area contributed by atoms with Crippen LogP contribution in [0.2, 0.25) is 5.02 Å². The zero-order chi connectivity index (χ0) is 13.1. The molecule has 98 valence electrons. The van der Waals surface area contributed by atoms with E-state index in [1.165, 1.54) is 12.1 Å². The number of amides is 1. The van der Waals surface area contributed by atoms with Crippen molar-refractivity contribution in [1.82, 2.24) is 5.32 Å². The first kappa shape index (κ1) is 13.6. The Morgan fingerprint density at radius 2 is 2.06 bits per heavy atom. The quantitative estimate of drug-likeness (QED) is 0.826. The molecule has 1 N–H and O–H groups in total. The van der Waals surface area contributed by atoms with Gasteiger partial charge >= 0.3 is 0 Å². The highest BCUT2D eigenvalue weighted by Crippen LogP contribution is 2.24. The number of alkyl halides is 1. The van der Waals surface area contributed by atoms with Gasteiger partial charge in [0.15, 0.2) is 5.82 Å². The molecule has 2 nitrogen and oxygen atoms in total. The highest BCUT2D eigenvalue weighted by molar-refractivity contribution is 6.31. The molecule has 1 amide bonds. The summed E-state index contributed by atoms with van der Waals surface area (Å²) in [5, 5.41) is 2.66. The van der Waals surface area contributed by atoms with Gasteiger partial charge in [0.05, 0.1) is 16.0 Å². The molecule has 0 saturated heterocycles. The smallest absolute Gasteiger partial charge is 0.254 e. The maximum absolute atomic E-state index is 13.7. The zero-order valence-electron chi connectivity index (χ0n) is 9.76. The summed E-state index contributed by atoms with van der Waals surface area (Å²) in [6.07, 6.45) is 3.82. The van der Waals surface area contributed by atoms with E-state index in [0.29, 0.717) is 0 Å². The Kier molecular flexibility index (Phi) is 4.46. The molecule has 1 aliphatic rings. The van der Waals surface area contributed by atoms with Gasteiger partial charge in [-0.05, 0) is 25.0 Å². The molecule has 0 spiro atoms. The van der Waals surface area contributed by atoms with Crippen LogP contribution in [0.15, 0.2) is 18.2 Å². The summed E-state index contributed by atoms with van der Waals surface area (Å²) in [5.41, 5.74) is -0.0306. The summed E-state index contributed by atoms with van der Waals surface area (Å²) in [4.78, 5) is 12.0. The fourth-order valence-corrected chi connectivity index (χ4v) is 2.69. The molecule has 2 atom stereocenters. The molecule has 2 rings (SSSR count). The van der Waals surface area contributed by atoms with Crippen molar-refractivity contribution in [1.29, 1.82) is 0 Å². The molecule has 1 aliphatic carbocycles. The Bertz CT molecular complexity index is 453. The maximum Gasteiger partial charge on any atom is 0.254 e. The van der Waals surface area contributed by atoms with Gasteiger partial charge in [0.25, 0.3) is 5.91 Å². The van der Waals surface area contributed by atoms with Crippen molar-refractivity contribution in [2.75, 3.05) is 0 Å². The number of hydrogen-bond acceptors (Lipinski definition) is 1. The largest absolute Gasteiger partial charge is 0.348 e. The number of benzene rings is 1. The fraction of sp³-hybridized carbons (Fsp3) is 0.462. The van der Waals surface area contributed by atoms with Gasteiger partial charge in [0, 0.05) is 6.04 Å². The van der Waals surface area contributed by atoms with E-state index in [9.17, 15) is 9.18 Å². The second-order valence-corrected chi connectivity index (χ2v) is 5.45. The predicted molar refractivity (Wildman–Crippen MR) is 70.8 cm³/mol. The maximum atomic E-state index is 13.7. The molecular weight excluding hydrogens is 276 g/mol. The van der Waals surface area contributed by atoms with Gasteiger partial charge in [-0.3, -0.25) is 4.79 Å². The summed E-state index contributed by atoms with van der Waals surface area (Å²) < 4.78 is 13.7. The lowest BCUT2D eigenvalue weighted by Gasteiger charge is -2.27. The average molecular weight is 290 g/mol. The zero-order valence-corrected chi connectivity index (χ0v) is 11.3. The number of carbonyl (C=O) groups is 1. The standard InChI is InChI=1S/C13H14Cl2FNO/c14-9-5-1-2-7-11(9)17-13(18)8-4-3-6-10(15)12(8)16/h3-4,6,9,11H,1-2,5,7H2,(H,17,18). The van der Waals surface area contributed by atoms with Crippen molar-refractivity contribution < 1.29 is 9.18 Å². The third-order valence-electron chi connectivity index (χ3n) is 3.19. The fourth-order valence-electron chi connectivity index (χ4n) is 2.17. The molecule has 1 saturated carbocycles. The number of hydrogen-bond donors (Lipinski definition) is 1. The van der Waals surface area contributed by atoms with Gasteiger partial charge in [0.1, 0.15) is 0 Å². The second-order valence-electron chi connectivity index (χ2n) is 4.48. The van der Waals surface area contributed by atoms with Crippen molar-refractivity contribution in [3.8, 4) is 0 Å². The summed E-state index contributed by atoms with van der Waals surface area (Å²) in [6, 6.07) is 4.30. The van der Waals surface area contributed by atoms with Crippen molar-refractivity contribution in [2.24, 2.45) is 0 Å². The Labute approximate surface area is 115 Å². The number of rotatable bonds is 2. The first-order chi connectivity index (χ1) is 8.59. The van der Waals surface area contributed by atoms with E-state index >= 15 is 0 Å². The number of halogens is 3. The van der Waals surface area contributed by atoms with Crippen molar-refractivity contribution in [3.63, 3.8) is 0 Å². The van der Waals surface area contributed by atoms with Crippen LogP contribution in [-0.4, -0.2) is 17.3 Å². The first-order valence-corrected chi connectivity index (χ1v) is 6.80. The van der Waals surface area contributed by atoms with E-state index in [2.05, 4.69) is 5.32 Å². The lowest BCUT2D eigenvalue weighted by molar-refractivity contribution is 0.0924. The summed E-state index contributed by atoms with van der Waals surface area (Å²) in [5.74, 6) is -1.13. The van der Waals surface area contributed by atoms with Crippen LogP contribution in [0.5, 0.6) is 0 Å². The van der Waals surface area contributed by atoms with Crippen LogP contribution in [0.1, 0.15) is 36.0 Å². The predicted octanol–water partition coefficient (Wildman–Crippen LogP) is 3.76. The first-order valence-electron chi connectivity index (χ1n) is 5.98. The van der Waals surface area contributed by atoms with Crippen LogP contribution >= 0.6 is 23.2 Å². The van der Waals surface area contributed by atoms with Gasteiger partial charge in [-0.1, -0.05) is 30.5 Å². The Morgan fingerprint density at radius 1 is 1.33 bits per heavy atom. The topological polar surface area (TPSA) is 29.1 Å². The number of nitrogens with one attached hydrogen (secondary N) is 1. The SMILES string of the molecule is O=C(NC1CCCCC1Cl)c1cccc(Cl)c1F. The normalized spacial score (nSPS) is 23.7. The van der Waals surface area contributed by atoms with Crippen molar-refractivity contribution in [2.45, 2.75) is 37.1 Å². The molecule has 0 heterocycles. The molecule has 1 fully saturated rings. The Balaban J connectivity index is 2.09. The summed E-state index contributed by atoms with van der Waals surface area (Å²) >= 11 is 11.8. The van der Waals surface area contributed by atoms with E-state index in [0.717, 1.165) is 25.7 Å². The molecule has 0 aliphatic heterocycles. The lowest BCUT2D eigenvalue weighted by Crippen LogP contribution is -2.43. The molecular formula is C13H14Cl2FNO. The number of carbonyl (C=O) groups excluding carboxylic acids is 1. The molecule has 2 unspecified atom stereocenters. The van der Waals surface area contributed by atoms with E-state index in [-0.39, 0.29) is 22.0 Å². The molecule has 1 aromatic carbocycles. The molecule has 0 aromatic heterocycles. The molecule has 18 heavy (non-hydrogen) atoms. The lowest BCUT2D eigenvalue weighted by atomic mass is 9.94. The van der Waals surface area contributed by atoms with Crippen LogP contribution in [0.3, 0.4) is 0 Å². The van der Waals surface area contributed by atoms with Crippen LogP contribution in [0.25, 0.3) is 0 Å². The van der Waals surface area contributed by atoms with E-state index in [1.807, 2.05) is 0 Å². The van der Waals surface area contributed by atoms with Gasteiger partial charge in [-0.15, -0.1) is 11.6 Å². The monoisotopic (exact) mass is 289 g/mol. The molecule has 0 bridgehead atoms. The highest BCUT2D eigenvalue weighted by Gasteiger charge is 2.26. The molecule has 5 heteroatoms.